The Morgan fingerprint density at radius 2 is 1.96 bits per heavy atom. The molecule has 1 aromatic carbocycles. The Morgan fingerprint density at radius 3 is 2.75 bits per heavy atom. The maximum Gasteiger partial charge on any atom is 0.103 e. The highest BCUT2D eigenvalue weighted by atomic mass is 32.1. The Bertz CT molecular complexity index is 896. The van der Waals surface area contributed by atoms with Crippen LogP contribution >= 0.6 is 11.3 Å². The quantitative estimate of drug-likeness (QED) is 0.652. The zero-order valence-electron chi connectivity index (χ0n) is 14.7. The Morgan fingerprint density at radius 1 is 1.17 bits per heavy atom. The van der Waals surface area contributed by atoms with Crippen LogP contribution in [0.25, 0.3) is 16.3 Å². The number of aryl methyl sites for hydroxylation is 2. The topological polar surface area (TPSA) is 8.17 Å². The summed E-state index contributed by atoms with van der Waals surface area (Å²) in [5.41, 5.74) is 5.68. The van der Waals surface area contributed by atoms with Gasteiger partial charge in [-0.3, -0.25) is 0 Å². The molecule has 4 rings (SSSR count). The molecule has 1 aliphatic rings. The third-order valence-electron chi connectivity index (χ3n) is 4.91. The van der Waals surface area contributed by atoms with E-state index in [4.69, 9.17) is 0 Å². The van der Waals surface area contributed by atoms with Gasteiger partial charge >= 0.3 is 0 Å². The van der Waals surface area contributed by atoms with E-state index in [2.05, 4.69) is 72.8 Å². The van der Waals surface area contributed by atoms with E-state index in [9.17, 15) is 0 Å². The van der Waals surface area contributed by atoms with Crippen molar-refractivity contribution < 1.29 is 0 Å². The lowest BCUT2D eigenvalue weighted by atomic mass is 10.1. The van der Waals surface area contributed by atoms with Gasteiger partial charge in [0.15, 0.2) is 0 Å². The number of thiophene rings is 1. The van der Waals surface area contributed by atoms with E-state index < -0.39 is 0 Å². The van der Waals surface area contributed by atoms with Gasteiger partial charge in [0, 0.05) is 42.0 Å². The zero-order chi connectivity index (χ0) is 16.7. The highest BCUT2D eigenvalue weighted by Gasteiger charge is 2.23. The van der Waals surface area contributed by atoms with Crippen LogP contribution in [0.15, 0.2) is 36.4 Å². The van der Waals surface area contributed by atoms with Crippen molar-refractivity contribution in [2.24, 2.45) is 0 Å². The summed E-state index contributed by atoms with van der Waals surface area (Å²) in [6.07, 6.45) is 5.70. The van der Waals surface area contributed by atoms with Crippen LogP contribution < -0.4 is 0 Å². The maximum atomic E-state index is 2.54. The minimum absolute atomic E-state index is 0.962. The second kappa shape index (κ2) is 6.23. The van der Waals surface area contributed by atoms with Gasteiger partial charge in [0.1, 0.15) is 4.83 Å². The fraction of sp³-hybridized carbons (Fsp3) is 0.333. The fourth-order valence-corrected chi connectivity index (χ4v) is 4.70. The first kappa shape index (κ1) is 15.7. The Balaban J connectivity index is 1.67. The Labute approximate surface area is 148 Å². The Hall–Kier alpha value is -1.84. The van der Waals surface area contributed by atoms with E-state index in [0.717, 1.165) is 26.1 Å². The lowest BCUT2D eigenvalue weighted by molar-refractivity contribution is 0.310. The number of aromatic nitrogens is 1. The minimum Gasteiger partial charge on any atom is -0.332 e. The van der Waals surface area contributed by atoms with Crippen LogP contribution in [0.2, 0.25) is 0 Å². The summed E-state index contributed by atoms with van der Waals surface area (Å²) in [6.45, 7) is 7.55. The smallest absolute Gasteiger partial charge is 0.103 e. The van der Waals surface area contributed by atoms with Crippen molar-refractivity contribution >= 4 is 27.6 Å². The first-order valence-corrected chi connectivity index (χ1v) is 9.45. The van der Waals surface area contributed by atoms with Crippen molar-refractivity contribution in [3.63, 3.8) is 0 Å². The van der Waals surface area contributed by atoms with E-state index in [1.54, 1.807) is 11.3 Å². The number of allylic oxidation sites excluding steroid dienone is 1. The van der Waals surface area contributed by atoms with Gasteiger partial charge in [0.25, 0.3) is 0 Å². The average Bonchev–Trinajstić information content (AvgIpc) is 3.06. The molecule has 24 heavy (non-hydrogen) atoms. The molecule has 0 saturated heterocycles. The van der Waals surface area contributed by atoms with Gasteiger partial charge in [0.05, 0.1) is 0 Å². The van der Waals surface area contributed by atoms with Gasteiger partial charge in [-0.2, -0.15) is 0 Å². The molecular weight excluding hydrogens is 312 g/mol. The Kier molecular flexibility index (Phi) is 4.07. The molecular formula is C21H24N2S. The molecule has 3 heteroatoms. The standard InChI is InChI=1S/C21H24N2S/c1-15-6-8-17(9-7-15)5-4-11-23-20-10-12-22(3)14-19(20)18-13-16(2)24-21(18)23/h4-9,13H,10-12,14H2,1-3H3/b5-4+. The van der Waals surface area contributed by atoms with Crippen molar-refractivity contribution in [3.05, 3.63) is 63.7 Å². The molecule has 0 spiro atoms. The fourth-order valence-electron chi connectivity index (χ4n) is 3.63. The van der Waals surface area contributed by atoms with Gasteiger partial charge < -0.3 is 9.47 Å². The predicted molar refractivity (Wildman–Crippen MR) is 105 cm³/mol. The van der Waals surface area contributed by atoms with E-state index in [1.165, 1.54) is 26.2 Å². The molecule has 3 heterocycles. The molecule has 0 amide bonds. The first-order valence-electron chi connectivity index (χ1n) is 8.64. The van der Waals surface area contributed by atoms with Crippen LogP contribution in [-0.2, 0) is 19.5 Å². The van der Waals surface area contributed by atoms with Crippen molar-refractivity contribution in [1.29, 1.82) is 0 Å². The van der Waals surface area contributed by atoms with Crippen LogP contribution in [0, 0.1) is 13.8 Å². The second-order valence-electron chi connectivity index (χ2n) is 6.91. The molecule has 0 aliphatic carbocycles. The highest BCUT2D eigenvalue weighted by Crippen LogP contribution is 2.35. The third-order valence-corrected chi connectivity index (χ3v) is 5.99. The molecule has 0 saturated carbocycles. The van der Waals surface area contributed by atoms with Crippen molar-refractivity contribution in [2.45, 2.75) is 33.4 Å². The molecule has 0 radical (unpaired) electrons. The van der Waals surface area contributed by atoms with E-state index in [1.807, 2.05) is 11.3 Å². The molecule has 3 aromatic rings. The number of likely N-dealkylation sites (N-methyl/N-ethyl adjacent to an activating group) is 1. The van der Waals surface area contributed by atoms with E-state index in [0.29, 0.717) is 0 Å². The van der Waals surface area contributed by atoms with E-state index >= 15 is 0 Å². The maximum absolute atomic E-state index is 2.54. The summed E-state index contributed by atoms with van der Waals surface area (Å²) in [5.74, 6) is 0. The molecule has 0 atom stereocenters. The van der Waals surface area contributed by atoms with Gasteiger partial charge in [-0.15, -0.1) is 11.3 Å². The summed E-state index contributed by atoms with van der Waals surface area (Å²) < 4.78 is 2.54. The number of benzene rings is 1. The van der Waals surface area contributed by atoms with Crippen LogP contribution in [0.5, 0.6) is 0 Å². The van der Waals surface area contributed by atoms with Gasteiger partial charge in [-0.05, 0) is 38.1 Å². The number of rotatable bonds is 3. The summed E-state index contributed by atoms with van der Waals surface area (Å²) in [6, 6.07) is 11.1. The minimum atomic E-state index is 0.962. The lowest BCUT2D eigenvalue weighted by Crippen LogP contribution is -2.27. The lowest BCUT2D eigenvalue weighted by Gasteiger charge is -2.24. The monoisotopic (exact) mass is 336 g/mol. The number of nitrogens with zero attached hydrogens (tertiary/aromatic N) is 2. The highest BCUT2D eigenvalue weighted by molar-refractivity contribution is 7.18. The van der Waals surface area contributed by atoms with Crippen LogP contribution in [0.1, 0.15) is 27.3 Å². The van der Waals surface area contributed by atoms with Crippen molar-refractivity contribution in [2.75, 3.05) is 13.6 Å². The van der Waals surface area contributed by atoms with Crippen molar-refractivity contribution in [3.8, 4) is 0 Å². The summed E-state index contributed by atoms with van der Waals surface area (Å²) in [4.78, 5) is 5.29. The second-order valence-corrected chi connectivity index (χ2v) is 8.15. The van der Waals surface area contributed by atoms with Crippen molar-refractivity contribution in [1.82, 2.24) is 9.47 Å². The average molecular weight is 337 g/mol. The molecule has 0 unspecified atom stereocenters. The number of fused-ring (bicyclic) bond motifs is 3. The number of hydrogen-bond donors (Lipinski definition) is 0. The molecule has 1 aliphatic heterocycles. The summed E-state index contributed by atoms with van der Waals surface area (Å²) in [5, 5.41) is 1.47. The molecule has 0 bridgehead atoms. The molecule has 0 N–H and O–H groups in total. The largest absolute Gasteiger partial charge is 0.332 e. The zero-order valence-corrected chi connectivity index (χ0v) is 15.5. The SMILES string of the molecule is Cc1ccc(/C=C/Cn2c3c(c4cc(C)sc42)CN(C)CC3)cc1. The van der Waals surface area contributed by atoms with Crippen LogP contribution in [0.4, 0.5) is 0 Å². The molecule has 0 fully saturated rings. The predicted octanol–water partition coefficient (Wildman–Crippen LogP) is 5.02. The first-order chi connectivity index (χ1) is 11.6. The number of hydrogen-bond acceptors (Lipinski definition) is 2. The van der Waals surface area contributed by atoms with Gasteiger partial charge in [-0.25, -0.2) is 0 Å². The van der Waals surface area contributed by atoms with Gasteiger partial charge in [0.2, 0.25) is 0 Å². The molecule has 124 valence electrons. The summed E-state index contributed by atoms with van der Waals surface area (Å²) >= 11 is 1.93. The van der Waals surface area contributed by atoms with Crippen LogP contribution in [0.3, 0.4) is 0 Å². The van der Waals surface area contributed by atoms with Gasteiger partial charge in [-0.1, -0.05) is 42.0 Å². The molecule has 2 nitrogen and oxygen atoms in total. The van der Waals surface area contributed by atoms with E-state index in [-0.39, 0.29) is 0 Å². The molecule has 2 aromatic heterocycles. The normalized spacial score (nSPS) is 15.5. The summed E-state index contributed by atoms with van der Waals surface area (Å²) in [7, 11) is 2.22. The third kappa shape index (κ3) is 2.83. The van der Waals surface area contributed by atoms with Crippen LogP contribution in [-0.4, -0.2) is 23.1 Å².